The summed E-state index contributed by atoms with van der Waals surface area (Å²) in [6, 6.07) is 6.40. The number of esters is 1. The fourth-order valence-electron chi connectivity index (χ4n) is 1.61. The minimum atomic E-state index is -1.35. The van der Waals surface area contributed by atoms with Gasteiger partial charge in [0.05, 0.1) is 0 Å². The number of carboxylic acid groups (broad SMARTS) is 1. The predicted octanol–water partition coefficient (Wildman–Crippen LogP) is -4.05. The van der Waals surface area contributed by atoms with Gasteiger partial charge in [-0.1, -0.05) is 0 Å². The van der Waals surface area contributed by atoms with Gasteiger partial charge in [0.25, 0.3) is 0 Å². The predicted molar refractivity (Wildman–Crippen MR) is 72.0 cm³/mol. The average Bonchev–Trinajstić information content (AvgIpc) is 2.41. The normalized spacial score (nSPS) is 9.22. The average molecular weight is 338 g/mol. The number of phenols is 3. The number of carboxylic acids is 1. The molecular formula is C14H12Na2O7. The summed E-state index contributed by atoms with van der Waals surface area (Å²) in [5.41, 5.74) is -0.671. The van der Waals surface area contributed by atoms with E-state index in [1.807, 2.05) is 0 Å². The first-order chi connectivity index (χ1) is 9.88. The molecule has 2 aromatic carbocycles. The molecule has 112 valence electrons. The fraction of sp³-hybridized carbons (Fsp3) is 0. The van der Waals surface area contributed by atoms with E-state index in [0.717, 1.165) is 30.3 Å². The SMILES string of the molecule is O=C(Oc1cc(O)ccc1C(=O)O)c1cc(O)ccc1O.[H-].[H-].[Na+].[Na+]. The Balaban J connectivity index is -0.00000121. The van der Waals surface area contributed by atoms with Crippen LogP contribution in [0.3, 0.4) is 0 Å². The van der Waals surface area contributed by atoms with Crippen molar-refractivity contribution < 1.29 is 96.7 Å². The molecule has 2 rings (SSSR count). The molecule has 0 unspecified atom stereocenters. The monoisotopic (exact) mass is 338 g/mol. The molecule has 0 aromatic heterocycles. The van der Waals surface area contributed by atoms with Crippen molar-refractivity contribution >= 4 is 11.9 Å². The van der Waals surface area contributed by atoms with Gasteiger partial charge in [-0.05, 0) is 30.3 Å². The van der Waals surface area contributed by atoms with Crippen molar-refractivity contribution in [2.24, 2.45) is 0 Å². The third kappa shape index (κ3) is 5.42. The standard InChI is InChI=1S/C14H10O7.2Na.2H/c15-7-2-4-11(17)10(5-7)14(20)21-12-6-8(16)1-3-9(12)13(18)19;;;;/h1-6,15-17H,(H,18,19);;;;/q;2*+1;2*-1. The van der Waals surface area contributed by atoms with Gasteiger partial charge < -0.3 is 28.0 Å². The topological polar surface area (TPSA) is 124 Å². The third-order valence-electron chi connectivity index (χ3n) is 2.60. The van der Waals surface area contributed by atoms with Crippen molar-refractivity contribution in [3.05, 3.63) is 47.5 Å². The zero-order valence-electron chi connectivity index (χ0n) is 14.5. The quantitative estimate of drug-likeness (QED) is 0.194. The van der Waals surface area contributed by atoms with Gasteiger partial charge in [-0.25, -0.2) is 9.59 Å². The molecule has 0 radical (unpaired) electrons. The largest absolute Gasteiger partial charge is 1.00 e. The maximum Gasteiger partial charge on any atom is 1.00 e. The van der Waals surface area contributed by atoms with E-state index < -0.39 is 17.7 Å². The first-order valence-electron chi connectivity index (χ1n) is 5.69. The van der Waals surface area contributed by atoms with Crippen LogP contribution in [0.2, 0.25) is 0 Å². The molecule has 23 heavy (non-hydrogen) atoms. The summed E-state index contributed by atoms with van der Waals surface area (Å²) in [5.74, 6) is -3.79. The van der Waals surface area contributed by atoms with E-state index in [2.05, 4.69) is 0 Å². The Bertz CT molecular complexity index is 741. The van der Waals surface area contributed by atoms with Crippen molar-refractivity contribution in [3.8, 4) is 23.0 Å². The van der Waals surface area contributed by atoms with Crippen LogP contribution in [0.1, 0.15) is 23.6 Å². The Hall–Kier alpha value is -1.22. The van der Waals surface area contributed by atoms with Crippen LogP contribution in [0.25, 0.3) is 0 Å². The molecule has 0 aliphatic carbocycles. The van der Waals surface area contributed by atoms with Crippen molar-refractivity contribution in [1.29, 1.82) is 0 Å². The van der Waals surface area contributed by atoms with E-state index in [9.17, 15) is 24.9 Å². The summed E-state index contributed by atoms with van der Waals surface area (Å²) >= 11 is 0. The smallest absolute Gasteiger partial charge is 1.00 e. The van der Waals surface area contributed by atoms with Crippen LogP contribution in [0.15, 0.2) is 36.4 Å². The maximum absolute atomic E-state index is 11.9. The Labute approximate surface area is 178 Å². The summed E-state index contributed by atoms with van der Waals surface area (Å²) in [6.07, 6.45) is 0. The number of carbonyl (C=O) groups excluding carboxylic acids is 1. The molecule has 7 nitrogen and oxygen atoms in total. The van der Waals surface area contributed by atoms with Gasteiger partial charge in [-0.15, -0.1) is 0 Å². The molecule has 0 bridgehead atoms. The van der Waals surface area contributed by atoms with E-state index in [1.54, 1.807) is 0 Å². The molecule has 0 heterocycles. The third-order valence-corrected chi connectivity index (χ3v) is 2.60. The van der Waals surface area contributed by atoms with Gasteiger partial charge in [-0.3, -0.25) is 0 Å². The Kier molecular flexibility index (Phi) is 8.68. The van der Waals surface area contributed by atoms with Crippen LogP contribution in [0.5, 0.6) is 23.0 Å². The molecule has 0 atom stereocenters. The Morgan fingerprint density at radius 1 is 0.870 bits per heavy atom. The molecule has 4 N–H and O–H groups in total. The van der Waals surface area contributed by atoms with Crippen LogP contribution < -0.4 is 63.9 Å². The summed E-state index contributed by atoms with van der Waals surface area (Å²) in [7, 11) is 0. The van der Waals surface area contributed by atoms with E-state index in [-0.39, 0.29) is 90.3 Å². The number of aromatic hydroxyl groups is 3. The summed E-state index contributed by atoms with van der Waals surface area (Å²) in [4.78, 5) is 22.9. The van der Waals surface area contributed by atoms with Crippen LogP contribution in [0.4, 0.5) is 0 Å². The number of hydrogen-bond donors (Lipinski definition) is 4. The molecule has 0 fully saturated rings. The van der Waals surface area contributed by atoms with Crippen molar-refractivity contribution in [2.45, 2.75) is 0 Å². The van der Waals surface area contributed by atoms with E-state index in [4.69, 9.17) is 9.84 Å². The molecule has 0 saturated carbocycles. The first-order valence-corrected chi connectivity index (χ1v) is 5.69. The summed E-state index contributed by atoms with van der Waals surface area (Å²) in [6.45, 7) is 0. The second-order valence-electron chi connectivity index (χ2n) is 4.08. The number of hydrogen-bond acceptors (Lipinski definition) is 6. The zero-order chi connectivity index (χ0) is 15.6. The number of rotatable bonds is 3. The molecule has 0 aliphatic rings. The molecule has 2 aromatic rings. The molecule has 0 amide bonds. The molecule has 9 heteroatoms. The minimum Gasteiger partial charge on any atom is -1.00 e. The van der Waals surface area contributed by atoms with Gasteiger partial charge in [-0.2, -0.15) is 0 Å². The molecular weight excluding hydrogens is 326 g/mol. The van der Waals surface area contributed by atoms with Crippen LogP contribution >= 0.6 is 0 Å². The Morgan fingerprint density at radius 2 is 1.43 bits per heavy atom. The first kappa shape index (κ1) is 21.8. The number of carbonyl (C=O) groups is 2. The summed E-state index contributed by atoms with van der Waals surface area (Å²) < 4.78 is 4.86. The van der Waals surface area contributed by atoms with E-state index in [1.165, 1.54) is 6.07 Å². The second-order valence-corrected chi connectivity index (χ2v) is 4.08. The fourth-order valence-corrected chi connectivity index (χ4v) is 1.61. The number of ether oxygens (including phenoxy) is 1. The molecule has 0 aliphatic heterocycles. The van der Waals surface area contributed by atoms with Gasteiger partial charge in [0.1, 0.15) is 34.1 Å². The minimum absolute atomic E-state index is 0. The molecule has 0 spiro atoms. The van der Waals surface area contributed by atoms with Gasteiger partial charge in [0, 0.05) is 6.07 Å². The summed E-state index contributed by atoms with van der Waals surface area (Å²) in [5, 5.41) is 37.1. The zero-order valence-corrected chi connectivity index (χ0v) is 16.5. The van der Waals surface area contributed by atoms with Gasteiger partial charge >= 0.3 is 71.1 Å². The van der Waals surface area contributed by atoms with Gasteiger partial charge in [0.15, 0.2) is 0 Å². The van der Waals surface area contributed by atoms with Crippen LogP contribution in [-0.2, 0) is 0 Å². The maximum atomic E-state index is 11.9. The number of aromatic carboxylic acids is 1. The number of benzene rings is 2. The van der Waals surface area contributed by atoms with E-state index in [0.29, 0.717) is 0 Å². The van der Waals surface area contributed by atoms with Crippen molar-refractivity contribution in [1.82, 2.24) is 0 Å². The van der Waals surface area contributed by atoms with Gasteiger partial charge in [0.2, 0.25) is 0 Å². The van der Waals surface area contributed by atoms with E-state index >= 15 is 0 Å². The van der Waals surface area contributed by atoms with Crippen molar-refractivity contribution in [2.75, 3.05) is 0 Å². The Morgan fingerprint density at radius 3 is 2.04 bits per heavy atom. The number of phenolic OH excluding ortho intramolecular Hbond substituents is 3. The molecule has 0 saturated heterocycles. The van der Waals surface area contributed by atoms with Crippen LogP contribution in [0, 0.1) is 0 Å². The van der Waals surface area contributed by atoms with Crippen LogP contribution in [-0.4, -0.2) is 32.4 Å². The van der Waals surface area contributed by atoms with Crippen molar-refractivity contribution in [3.63, 3.8) is 0 Å². The second kappa shape index (κ2) is 9.17.